The Morgan fingerprint density at radius 2 is 2.17 bits per heavy atom. The van der Waals surface area contributed by atoms with Crippen LogP contribution in [0.1, 0.15) is 42.2 Å². The molecule has 3 aliphatic rings. The van der Waals surface area contributed by atoms with Gasteiger partial charge in [0.2, 0.25) is 0 Å². The molecule has 1 saturated heterocycles. The molecule has 9 heteroatoms. The van der Waals surface area contributed by atoms with Crippen LogP contribution in [0, 0.1) is 5.41 Å². The highest BCUT2D eigenvalue weighted by Crippen LogP contribution is 2.51. The first-order chi connectivity index (χ1) is 16.9. The topological polar surface area (TPSA) is 97.5 Å². The van der Waals surface area contributed by atoms with Crippen molar-refractivity contribution in [1.29, 1.82) is 0 Å². The zero-order valence-electron chi connectivity index (χ0n) is 19.8. The molecule has 1 unspecified atom stereocenters. The number of H-pyrrole nitrogens is 1. The average Bonchev–Trinajstić information content (AvgIpc) is 3.51. The van der Waals surface area contributed by atoms with Gasteiger partial charge in [0.1, 0.15) is 12.4 Å². The molecule has 1 saturated carbocycles. The van der Waals surface area contributed by atoms with Crippen molar-refractivity contribution in [2.45, 2.75) is 38.3 Å². The van der Waals surface area contributed by atoms with E-state index in [2.05, 4.69) is 34.4 Å². The van der Waals surface area contributed by atoms with Crippen LogP contribution in [0.2, 0.25) is 5.02 Å². The summed E-state index contributed by atoms with van der Waals surface area (Å²) in [5.41, 5.74) is 4.49. The number of para-hydroxylation sites is 1. The van der Waals surface area contributed by atoms with E-state index in [9.17, 15) is 4.79 Å². The van der Waals surface area contributed by atoms with Gasteiger partial charge < -0.3 is 29.8 Å². The second-order valence-electron chi connectivity index (χ2n) is 10.0. The molecule has 2 aliphatic heterocycles. The van der Waals surface area contributed by atoms with Crippen LogP contribution in [0.15, 0.2) is 36.7 Å². The first-order valence-electron chi connectivity index (χ1n) is 11.7. The molecular formula is C26H27ClN4O4. The van der Waals surface area contributed by atoms with E-state index in [1.54, 1.807) is 25.6 Å². The predicted molar refractivity (Wildman–Crippen MR) is 133 cm³/mol. The maximum Gasteiger partial charge on any atom is 0.255 e. The van der Waals surface area contributed by atoms with Gasteiger partial charge in [0.05, 0.1) is 53.7 Å². The number of nitrogens with one attached hydrogen (secondary N) is 3. The summed E-state index contributed by atoms with van der Waals surface area (Å²) in [6.07, 6.45) is 4.35. The SMILES string of the molecule is COc1c(Cl)cccc1Nc1c(-c2ccncc2OC[C@@H]2OCC2(C)C)[nH]c2c1C(=O)NC1C[C@H]21. The van der Waals surface area contributed by atoms with E-state index in [4.69, 9.17) is 25.8 Å². The number of carbonyl (C=O) groups excluding carboxylic acids is 1. The summed E-state index contributed by atoms with van der Waals surface area (Å²) >= 11 is 6.37. The van der Waals surface area contributed by atoms with E-state index in [-0.39, 0.29) is 29.4 Å². The van der Waals surface area contributed by atoms with Crippen molar-refractivity contribution in [3.8, 4) is 22.8 Å². The van der Waals surface area contributed by atoms with Gasteiger partial charge in [-0.15, -0.1) is 0 Å². The first-order valence-corrected chi connectivity index (χ1v) is 12.1. The number of aromatic nitrogens is 2. The van der Waals surface area contributed by atoms with Crippen LogP contribution in [0.4, 0.5) is 11.4 Å². The van der Waals surface area contributed by atoms with E-state index >= 15 is 0 Å². The fourth-order valence-electron chi connectivity index (χ4n) is 4.90. The molecule has 0 bridgehead atoms. The zero-order valence-corrected chi connectivity index (χ0v) is 20.5. The Morgan fingerprint density at radius 3 is 2.91 bits per heavy atom. The van der Waals surface area contributed by atoms with Crippen LogP contribution < -0.4 is 20.1 Å². The highest BCUT2D eigenvalue weighted by Gasteiger charge is 2.48. The normalized spacial score (nSPS) is 23.4. The number of benzene rings is 1. The highest BCUT2D eigenvalue weighted by molar-refractivity contribution is 6.32. The maximum absolute atomic E-state index is 13.1. The van der Waals surface area contributed by atoms with Gasteiger partial charge in [-0.3, -0.25) is 9.78 Å². The Labute approximate surface area is 208 Å². The number of ether oxygens (including phenoxy) is 3. The minimum atomic E-state index is -0.106. The number of amides is 1. The Kier molecular flexibility index (Phi) is 5.19. The smallest absolute Gasteiger partial charge is 0.255 e. The summed E-state index contributed by atoms with van der Waals surface area (Å²) in [7, 11) is 1.57. The van der Waals surface area contributed by atoms with E-state index in [0.29, 0.717) is 40.1 Å². The van der Waals surface area contributed by atoms with Crippen LogP contribution in [-0.4, -0.2) is 48.3 Å². The summed E-state index contributed by atoms with van der Waals surface area (Å²) in [5.74, 6) is 1.29. The monoisotopic (exact) mass is 494 g/mol. The molecular weight excluding hydrogens is 468 g/mol. The van der Waals surface area contributed by atoms with Gasteiger partial charge >= 0.3 is 0 Å². The number of hydrogen-bond acceptors (Lipinski definition) is 6. The second-order valence-corrected chi connectivity index (χ2v) is 10.4. The van der Waals surface area contributed by atoms with Crippen molar-refractivity contribution in [3.63, 3.8) is 0 Å². The number of nitrogens with zero attached hydrogens (tertiary/aromatic N) is 1. The summed E-state index contributed by atoms with van der Waals surface area (Å²) in [4.78, 5) is 21.0. The Balaban J connectivity index is 1.43. The van der Waals surface area contributed by atoms with Crippen LogP contribution in [0.5, 0.6) is 11.5 Å². The molecule has 1 amide bonds. The summed E-state index contributed by atoms with van der Waals surface area (Å²) in [6, 6.07) is 7.54. The van der Waals surface area contributed by atoms with Gasteiger partial charge in [0.15, 0.2) is 5.75 Å². The summed E-state index contributed by atoms with van der Waals surface area (Å²) in [6.45, 7) is 5.47. The minimum Gasteiger partial charge on any atom is -0.493 e. The van der Waals surface area contributed by atoms with Crippen molar-refractivity contribution in [1.82, 2.24) is 15.3 Å². The van der Waals surface area contributed by atoms with Crippen LogP contribution in [-0.2, 0) is 4.74 Å². The third-order valence-corrected chi connectivity index (χ3v) is 7.43. The van der Waals surface area contributed by atoms with Crippen LogP contribution in [0.3, 0.4) is 0 Å². The van der Waals surface area contributed by atoms with Gasteiger partial charge in [-0.25, -0.2) is 0 Å². The molecule has 0 radical (unpaired) electrons. The van der Waals surface area contributed by atoms with Crippen molar-refractivity contribution in [2.75, 3.05) is 25.6 Å². The number of hydrogen-bond donors (Lipinski definition) is 3. The van der Waals surface area contributed by atoms with Gasteiger partial charge in [0, 0.05) is 34.8 Å². The van der Waals surface area contributed by atoms with Gasteiger partial charge in [-0.05, 0) is 24.6 Å². The lowest BCUT2D eigenvalue weighted by molar-refractivity contribution is -0.180. The molecule has 3 N–H and O–H groups in total. The van der Waals surface area contributed by atoms with Crippen molar-refractivity contribution in [2.24, 2.45) is 5.41 Å². The molecule has 1 aliphatic carbocycles. The number of carbonyl (C=O) groups is 1. The predicted octanol–water partition coefficient (Wildman–Crippen LogP) is 4.89. The Morgan fingerprint density at radius 1 is 1.31 bits per heavy atom. The van der Waals surface area contributed by atoms with Crippen molar-refractivity contribution < 1.29 is 19.0 Å². The number of halogens is 1. The number of anilines is 2. The molecule has 2 aromatic heterocycles. The van der Waals surface area contributed by atoms with E-state index in [0.717, 1.165) is 30.0 Å². The highest BCUT2D eigenvalue weighted by atomic mass is 35.5. The van der Waals surface area contributed by atoms with Crippen molar-refractivity contribution >= 4 is 28.9 Å². The number of pyridine rings is 1. The lowest BCUT2D eigenvalue weighted by Gasteiger charge is -2.43. The average molecular weight is 495 g/mol. The number of aromatic amines is 1. The molecule has 6 rings (SSSR count). The standard InChI is InChI=1S/C26H27ClN4O4/c1-26(2)12-35-19(26)11-34-18-10-28-8-7-13(18)22-23(29-16-6-4-5-15(27)24(16)33-3)20-21(31-22)14-9-17(14)30-25(20)32/h4-8,10,14,17,19,29,31H,9,11-12H2,1-3H3,(H,30,32)/t14-,17?,19-/m0/s1. The third-order valence-electron chi connectivity index (χ3n) is 7.14. The molecule has 8 nitrogen and oxygen atoms in total. The molecule has 182 valence electrons. The lowest BCUT2D eigenvalue weighted by atomic mass is 9.83. The molecule has 1 aromatic carbocycles. The van der Waals surface area contributed by atoms with Crippen LogP contribution >= 0.6 is 11.6 Å². The Bertz CT molecular complexity index is 1320. The summed E-state index contributed by atoms with van der Waals surface area (Å²) in [5, 5.41) is 7.02. The first kappa shape index (κ1) is 22.2. The minimum absolute atomic E-state index is 0.0127. The van der Waals surface area contributed by atoms with E-state index < -0.39 is 0 Å². The van der Waals surface area contributed by atoms with Gasteiger partial charge in [-0.1, -0.05) is 31.5 Å². The Hall–Kier alpha value is -3.23. The van der Waals surface area contributed by atoms with E-state index in [1.807, 2.05) is 18.2 Å². The fraction of sp³-hybridized carbons (Fsp3) is 0.385. The molecule has 2 fully saturated rings. The third kappa shape index (κ3) is 3.72. The van der Waals surface area contributed by atoms with Gasteiger partial charge in [0.25, 0.3) is 5.91 Å². The number of rotatable bonds is 7. The maximum atomic E-state index is 13.1. The van der Waals surface area contributed by atoms with Crippen molar-refractivity contribution in [3.05, 3.63) is 52.9 Å². The number of fused-ring (bicyclic) bond motifs is 3. The molecule has 3 aromatic rings. The van der Waals surface area contributed by atoms with Gasteiger partial charge in [-0.2, -0.15) is 0 Å². The molecule has 3 atom stereocenters. The zero-order chi connectivity index (χ0) is 24.3. The molecule has 0 spiro atoms. The fourth-order valence-corrected chi connectivity index (χ4v) is 5.15. The largest absolute Gasteiger partial charge is 0.493 e. The molecule has 4 heterocycles. The summed E-state index contributed by atoms with van der Waals surface area (Å²) < 4.78 is 17.5. The van der Waals surface area contributed by atoms with E-state index in [1.165, 1.54) is 0 Å². The second kappa shape index (κ2) is 8.17. The van der Waals surface area contributed by atoms with Crippen LogP contribution in [0.25, 0.3) is 11.3 Å². The number of methoxy groups -OCH3 is 1. The molecule has 35 heavy (non-hydrogen) atoms. The quantitative estimate of drug-likeness (QED) is 0.433. The lowest BCUT2D eigenvalue weighted by Crippen LogP contribution is -2.50.